The third-order valence-electron chi connectivity index (χ3n) is 3.63. The molecule has 0 spiro atoms. The fourth-order valence-corrected chi connectivity index (χ4v) is 2.37. The molecule has 0 aliphatic carbocycles. The molecule has 0 heterocycles. The summed E-state index contributed by atoms with van der Waals surface area (Å²) in [6.07, 6.45) is 5.35. The van der Waals surface area contributed by atoms with Gasteiger partial charge in [0.25, 0.3) is 0 Å². The predicted molar refractivity (Wildman–Crippen MR) is 102 cm³/mol. The van der Waals surface area contributed by atoms with Gasteiger partial charge in [-0.1, -0.05) is 24.1 Å². The van der Waals surface area contributed by atoms with Crippen LogP contribution in [-0.4, -0.2) is 37.4 Å². The Labute approximate surface area is 152 Å². The summed E-state index contributed by atoms with van der Waals surface area (Å²) in [5.41, 5.74) is 2.28. The van der Waals surface area contributed by atoms with Gasteiger partial charge in [0, 0.05) is 31.9 Å². The smallest absolute Gasteiger partial charge is 0.243 e. The molecule has 0 saturated carbocycles. The highest BCUT2D eigenvalue weighted by atomic mass is 19.1. The van der Waals surface area contributed by atoms with Crippen LogP contribution >= 0.6 is 0 Å². The Hall–Kier alpha value is -3.33. The molecular formula is C20H21FN4O. The summed E-state index contributed by atoms with van der Waals surface area (Å²) in [6.45, 7) is 0.590. The van der Waals surface area contributed by atoms with Crippen LogP contribution in [0.1, 0.15) is 11.1 Å². The van der Waals surface area contributed by atoms with E-state index < -0.39 is 0 Å². The van der Waals surface area contributed by atoms with E-state index in [1.165, 1.54) is 12.1 Å². The van der Waals surface area contributed by atoms with Gasteiger partial charge in [0.1, 0.15) is 5.82 Å². The minimum atomic E-state index is -0.274. The molecular weight excluding hydrogens is 331 g/mol. The second-order valence-electron chi connectivity index (χ2n) is 5.66. The molecule has 2 aromatic rings. The summed E-state index contributed by atoms with van der Waals surface area (Å²) >= 11 is 0. The van der Waals surface area contributed by atoms with E-state index in [-0.39, 0.29) is 18.3 Å². The number of nitrogens with one attached hydrogen (secondary N) is 2. The first kappa shape index (κ1) is 19.0. The molecule has 0 aromatic heterocycles. The topological polar surface area (TPSA) is 56.7 Å². The lowest BCUT2D eigenvalue weighted by Gasteiger charge is -2.22. The molecule has 134 valence electrons. The number of carbonyl (C=O) groups is 1. The highest BCUT2D eigenvalue weighted by Gasteiger charge is 2.09. The fourth-order valence-electron chi connectivity index (χ4n) is 2.37. The number of rotatable bonds is 5. The molecule has 2 rings (SSSR count). The number of guanidine groups is 1. The second-order valence-corrected chi connectivity index (χ2v) is 5.66. The zero-order valence-corrected chi connectivity index (χ0v) is 14.8. The van der Waals surface area contributed by atoms with Crippen LogP contribution in [0.15, 0.2) is 53.5 Å². The van der Waals surface area contributed by atoms with Crippen LogP contribution in [0.4, 0.5) is 10.1 Å². The largest absolute Gasteiger partial charge is 0.347 e. The van der Waals surface area contributed by atoms with Crippen molar-refractivity contribution in [2.45, 2.75) is 6.54 Å². The van der Waals surface area contributed by atoms with Crippen LogP contribution in [-0.2, 0) is 11.3 Å². The number of benzene rings is 2. The van der Waals surface area contributed by atoms with Crippen molar-refractivity contribution in [2.75, 3.05) is 26.0 Å². The van der Waals surface area contributed by atoms with Gasteiger partial charge in [-0.15, -0.1) is 6.42 Å². The molecule has 0 atom stereocenters. The first-order valence-corrected chi connectivity index (χ1v) is 8.04. The normalized spacial score (nSPS) is 10.8. The summed E-state index contributed by atoms with van der Waals surface area (Å²) in [4.78, 5) is 18.1. The van der Waals surface area contributed by atoms with Crippen molar-refractivity contribution >= 4 is 17.6 Å². The number of aliphatic imine (C=N–C) groups is 1. The van der Waals surface area contributed by atoms with Crippen LogP contribution < -0.4 is 10.6 Å². The Bertz CT molecular complexity index is 824. The van der Waals surface area contributed by atoms with Crippen molar-refractivity contribution in [1.29, 1.82) is 0 Å². The average molecular weight is 352 g/mol. The quantitative estimate of drug-likeness (QED) is 0.494. The first-order valence-electron chi connectivity index (χ1n) is 8.04. The predicted octanol–water partition coefficient (Wildman–Crippen LogP) is 2.45. The number of hydrogen-bond acceptors (Lipinski definition) is 2. The number of carbonyl (C=O) groups excluding carboxylic acids is 1. The minimum Gasteiger partial charge on any atom is -0.347 e. The minimum absolute atomic E-state index is 0.0563. The molecule has 0 aliphatic heterocycles. The lowest BCUT2D eigenvalue weighted by molar-refractivity contribution is -0.115. The van der Waals surface area contributed by atoms with Crippen molar-refractivity contribution in [3.63, 3.8) is 0 Å². The Morgan fingerprint density at radius 2 is 2.00 bits per heavy atom. The van der Waals surface area contributed by atoms with E-state index >= 15 is 0 Å². The maximum Gasteiger partial charge on any atom is 0.243 e. The van der Waals surface area contributed by atoms with Gasteiger partial charge in [-0.2, -0.15) is 0 Å². The van der Waals surface area contributed by atoms with Crippen LogP contribution in [0.25, 0.3) is 0 Å². The van der Waals surface area contributed by atoms with Crippen molar-refractivity contribution in [1.82, 2.24) is 10.2 Å². The maximum absolute atomic E-state index is 13.0. The van der Waals surface area contributed by atoms with Crippen LogP contribution in [0, 0.1) is 18.2 Å². The van der Waals surface area contributed by atoms with E-state index in [9.17, 15) is 9.18 Å². The summed E-state index contributed by atoms with van der Waals surface area (Å²) in [7, 11) is 3.48. The van der Waals surface area contributed by atoms with E-state index in [0.717, 1.165) is 5.56 Å². The van der Waals surface area contributed by atoms with Crippen molar-refractivity contribution in [3.05, 3.63) is 65.5 Å². The molecule has 0 saturated heterocycles. The highest BCUT2D eigenvalue weighted by Crippen LogP contribution is 2.09. The van der Waals surface area contributed by atoms with E-state index in [1.807, 2.05) is 11.9 Å². The van der Waals surface area contributed by atoms with Crippen LogP contribution in [0.5, 0.6) is 0 Å². The summed E-state index contributed by atoms with van der Waals surface area (Å²) in [5.74, 6) is 2.60. The third kappa shape index (κ3) is 5.64. The summed E-state index contributed by atoms with van der Waals surface area (Å²) < 4.78 is 13.0. The third-order valence-corrected chi connectivity index (χ3v) is 3.63. The van der Waals surface area contributed by atoms with Gasteiger partial charge in [0.15, 0.2) is 5.96 Å². The number of amides is 1. The molecule has 0 fully saturated rings. The van der Waals surface area contributed by atoms with Gasteiger partial charge < -0.3 is 15.5 Å². The van der Waals surface area contributed by atoms with Gasteiger partial charge in [-0.25, -0.2) is 4.39 Å². The molecule has 26 heavy (non-hydrogen) atoms. The van der Waals surface area contributed by atoms with Crippen LogP contribution in [0.3, 0.4) is 0 Å². The Morgan fingerprint density at radius 3 is 2.65 bits per heavy atom. The molecule has 5 nitrogen and oxygen atoms in total. The molecule has 0 aliphatic rings. The number of anilines is 1. The summed E-state index contributed by atoms with van der Waals surface area (Å²) in [6, 6.07) is 13.3. The molecule has 0 bridgehead atoms. The van der Waals surface area contributed by atoms with Gasteiger partial charge in [-0.05, 0) is 35.9 Å². The monoisotopic (exact) mass is 352 g/mol. The Balaban J connectivity index is 1.88. The van der Waals surface area contributed by atoms with Gasteiger partial charge in [0.05, 0.1) is 6.54 Å². The lowest BCUT2D eigenvalue weighted by atomic mass is 10.2. The highest BCUT2D eigenvalue weighted by molar-refractivity contribution is 5.95. The molecule has 2 N–H and O–H groups in total. The standard InChI is InChI=1S/C20H21FN4O/c1-4-15-6-5-7-18(12-15)24-19(26)13-23-20(22-2)25(3)14-16-8-10-17(21)11-9-16/h1,5-12H,13-14H2,2-3H3,(H,22,23)(H,24,26). The summed E-state index contributed by atoms with van der Waals surface area (Å²) in [5, 5.41) is 5.78. The van der Waals surface area contributed by atoms with E-state index in [0.29, 0.717) is 23.8 Å². The van der Waals surface area contributed by atoms with Crippen molar-refractivity contribution in [3.8, 4) is 12.3 Å². The zero-order chi connectivity index (χ0) is 18.9. The molecule has 1 amide bonds. The van der Waals surface area contributed by atoms with Crippen LogP contribution in [0.2, 0.25) is 0 Å². The number of terminal acetylenes is 1. The zero-order valence-electron chi connectivity index (χ0n) is 14.8. The number of hydrogen-bond donors (Lipinski definition) is 2. The maximum atomic E-state index is 13.0. The number of halogens is 1. The van der Waals surface area contributed by atoms with Crippen molar-refractivity contribution < 1.29 is 9.18 Å². The van der Waals surface area contributed by atoms with E-state index in [4.69, 9.17) is 6.42 Å². The SMILES string of the molecule is C#Cc1cccc(NC(=O)CNC(=NC)N(C)Cc2ccc(F)cc2)c1. The number of nitrogens with zero attached hydrogens (tertiary/aromatic N) is 2. The molecule has 6 heteroatoms. The average Bonchev–Trinajstić information content (AvgIpc) is 2.64. The fraction of sp³-hybridized carbons (Fsp3) is 0.200. The second kappa shape index (κ2) is 9.23. The van der Waals surface area contributed by atoms with Gasteiger partial charge in [-0.3, -0.25) is 9.79 Å². The Kier molecular flexibility index (Phi) is 6.75. The van der Waals surface area contributed by atoms with E-state index in [1.54, 1.807) is 43.4 Å². The van der Waals surface area contributed by atoms with Gasteiger partial charge >= 0.3 is 0 Å². The van der Waals surface area contributed by atoms with Gasteiger partial charge in [0.2, 0.25) is 5.91 Å². The van der Waals surface area contributed by atoms with Crippen molar-refractivity contribution in [2.24, 2.45) is 4.99 Å². The van der Waals surface area contributed by atoms with E-state index in [2.05, 4.69) is 21.5 Å². The lowest BCUT2D eigenvalue weighted by Crippen LogP contribution is -2.42. The Morgan fingerprint density at radius 1 is 1.27 bits per heavy atom. The molecule has 0 unspecified atom stereocenters. The molecule has 0 radical (unpaired) electrons. The first-order chi connectivity index (χ1) is 12.5. The molecule has 2 aromatic carbocycles.